The van der Waals surface area contributed by atoms with Crippen LogP contribution in [0.15, 0.2) is 5.16 Å². The molecule has 0 aliphatic heterocycles. The molecule has 0 spiro atoms. The van der Waals surface area contributed by atoms with Crippen LogP contribution in [0.1, 0.15) is 18.7 Å². The largest absolute Gasteiger partial charge is 0.313 e. The molecule has 0 amide bonds. The molecule has 18 heavy (non-hydrogen) atoms. The summed E-state index contributed by atoms with van der Waals surface area (Å²) in [5, 5.41) is 11.9. The Bertz CT molecular complexity index is 399. The van der Waals surface area contributed by atoms with Gasteiger partial charge >= 0.3 is 0 Å². The Kier molecular flexibility index (Phi) is 5.36. The van der Waals surface area contributed by atoms with Gasteiger partial charge in [-0.15, -0.1) is 22.6 Å². The lowest BCUT2D eigenvalue weighted by Gasteiger charge is -2.03. The smallest absolute Gasteiger partial charge is 0.251 e. The third-order valence-corrected chi connectivity index (χ3v) is 3.97. The minimum atomic E-state index is -2.41. The van der Waals surface area contributed by atoms with Crippen LogP contribution in [-0.4, -0.2) is 33.5 Å². The Morgan fingerprint density at radius 2 is 2.17 bits per heavy atom. The zero-order chi connectivity index (χ0) is 12.5. The van der Waals surface area contributed by atoms with Crippen LogP contribution in [0.3, 0.4) is 0 Å². The van der Waals surface area contributed by atoms with Crippen molar-refractivity contribution in [1.29, 1.82) is 0 Å². The molecule has 1 aliphatic carbocycles. The minimum absolute atomic E-state index is 0. The van der Waals surface area contributed by atoms with Crippen molar-refractivity contribution in [1.82, 2.24) is 20.1 Å². The molecule has 1 fully saturated rings. The summed E-state index contributed by atoms with van der Waals surface area (Å²) in [6, 6.07) is 0. The quantitative estimate of drug-likeness (QED) is 0.817. The molecule has 104 valence electrons. The Morgan fingerprint density at radius 3 is 2.72 bits per heavy atom. The third-order valence-electron chi connectivity index (χ3n) is 2.91. The van der Waals surface area contributed by atoms with Crippen LogP contribution in [-0.2, 0) is 13.6 Å². The van der Waals surface area contributed by atoms with Gasteiger partial charge < -0.3 is 9.88 Å². The fourth-order valence-corrected chi connectivity index (χ4v) is 2.64. The van der Waals surface area contributed by atoms with Crippen molar-refractivity contribution in [2.75, 3.05) is 12.8 Å². The molecule has 1 saturated carbocycles. The second kappa shape index (κ2) is 6.16. The average Bonchev–Trinajstić information content (AvgIpc) is 2.73. The molecular weight excluding hydrogens is 282 g/mol. The highest BCUT2D eigenvalue weighted by molar-refractivity contribution is 7.99. The van der Waals surface area contributed by atoms with Crippen LogP contribution in [0.2, 0.25) is 0 Å². The summed E-state index contributed by atoms with van der Waals surface area (Å²) in [4.78, 5) is 0. The van der Waals surface area contributed by atoms with E-state index in [0.29, 0.717) is 18.7 Å². The lowest BCUT2D eigenvalue weighted by atomic mass is 10.3. The molecule has 1 aromatic rings. The molecule has 2 rings (SSSR count). The second-order valence-corrected chi connectivity index (χ2v) is 5.35. The van der Waals surface area contributed by atoms with Gasteiger partial charge in [0.1, 0.15) is 5.82 Å². The van der Waals surface area contributed by atoms with Gasteiger partial charge in [0.05, 0.1) is 6.54 Å². The molecule has 0 bridgehead atoms. The SMILES string of the molecule is CNCc1nnc(SCCC2CC2(F)F)n1C.Cl. The Hall–Kier alpha value is -0.400. The monoisotopic (exact) mass is 298 g/mol. The molecule has 4 nitrogen and oxygen atoms in total. The summed E-state index contributed by atoms with van der Waals surface area (Å²) >= 11 is 1.49. The average molecular weight is 299 g/mol. The minimum Gasteiger partial charge on any atom is -0.313 e. The molecule has 1 aliphatic rings. The van der Waals surface area contributed by atoms with Gasteiger partial charge in [-0.1, -0.05) is 11.8 Å². The van der Waals surface area contributed by atoms with Crippen molar-refractivity contribution < 1.29 is 8.78 Å². The summed E-state index contributed by atoms with van der Waals surface area (Å²) in [5.74, 6) is -1.30. The first-order chi connectivity index (χ1) is 8.04. The first kappa shape index (κ1) is 15.7. The lowest BCUT2D eigenvalue weighted by Crippen LogP contribution is -2.10. The number of thioether (sulfide) groups is 1. The zero-order valence-corrected chi connectivity index (χ0v) is 12.0. The van der Waals surface area contributed by atoms with Crippen LogP contribution in [0.4, 0.5) is 8.78 Å². The predicted octanol–water partition coefficient (Wildman–Crippen LogP) is 2.09. The number of hydrogen-bond acceptors (Lipinski definition) is 4. The molecule has 0 radical (unpaired) electrons. The van der Waals surface area contributed by atoms with Crippen molar-refractivity contribution in [3.05, 3.63) is 5.82 Å². The summed E-state index contributed by atoms with van der Waals surface area (Å²) in [7, 11) is 3.73. The van der Waals surface area contributed by atoms with Crippen molar-refractivity contribution >= 4 is 24.2 Å². The van der Waals surface area contributed by atoms with Crippen molar-refractivity contribution in [3.63, 3.8) is 0 Å². The standard InChI is InChI=1S/C10H16F2N4S.ClH/c1-13-6-8-14-15-9(16(8)2)17-4-3-7-5-10(7,11)12;/h7,13H,3-6H2,1-2H3;1H. The normalized spacial score (nSPS) is 20.6. The predicted molar refractivity (Wildman–Crippen MR) is 69.4 cm³/mol. The summed E-state index contributed by atoms with van der Waals surface area (Å²) in [5.41, 5.74) is 0. The number of aromatic nitrogens is 3. The van der Waals surface area contributed by atoms with E-state index in [2.05, 4.69) is 15.5 Å². The Balaban J connectivity index is 0.00000162. The summed E-state index contributed by atoms with van der Waals surface area (Å²) in [6.45, 7) is 0.657. The number of nitrogens with zero attached hydrogens (tertiary/aromatic N) is 3. The Labute approximate surface area is 115 Å². The number of hydrogen-bond donors (Lipinski definition) is 1. The van der Waals surface area contributed by atoms with Gasteiger partial charge in [0.2, 0.25) is 0 Å². The molecule has 0 saturated heterocycles. The summed E-state index contributed by atoms with van der Waals surface area (Å²) in [6.07, 6.45) is 0.600. The molecule has 1 heterocycles. The van der Waals surface area contributed by atoms with Crippen molar-refractivity contribution in [3.8, 4) is 0 Å². The van der Waals surface area contributed by atoms with Gasteiger partial charge in [-0.05, 0) is 13.5 Å². The van der Waals surface area contributed by atoms with Crippen LogP contribution in [0.5, 0.6) is 0 Å². The second-order valence-electron chi connectivity index (χ2n) is 4.29. The first-order valence-electron chi connectivity index (χ1n) is 5.58. The van der Waals surface area contributed by atoms with E-state index < -0.39 is 11.8 Å². The highest BCUT2D eigenvalue weighted by Gasteiger charge is 2.55. The molecule has 1 atom stereocenters. The van der Waals surface area contributed by atoms with E-state index in [1.807, 2.05) is 18.7 Å². The molecular formula is C10H17ClF2N4S. The maximum Gasteiger partial charge on any atom is 0.251 e. The lowest BCUT2D eigenvalue weighted by molar-refractivity contribution is 0.0983. The Morgan fingerprint density at radius 1 is 1.50 bits per heavy atom. The van der Waals surface area contributed by atoms with Crippen LogP contribution in [0, 0.1) is 5.92 Å². The third kappa shape index (κ3) is 3.55. The topological polar surface area (TPSA) is 42.7 Å². The maximum atomic E-state index is 12.7. The van der Waals surface area contributed by atoms with Crippen molar-refractivity contribution in [2.45, 2.75) is 30.5 Å². The highest BCUT2D eigenvalue weighted by atomic mass is 35.5. The van der Waals surface area contributed by atoms with Gasteiger partial charge in [-0.25, -0.2) is 8.78 Å². The van der Waals surface area contributed by atoms with E-state index in [9.17, 15) is 8.78 Å². The van der Waals surface area contributed by atoms with E-state index in [1.165, 1.54) is 11.8 Å². The molecule has 0 aromatic carbocycles. The molecule has 8 heteroatoms. The van der Waals surface area contributed by atoms with E-state index in [0.717, 1.165) is 11.0 Å². The number of nitrogens with one attached hydrogen (secondary N) is 1. The van der Waals surface area contributed by atoms with E-state index in [4.69, 9.17) is 0 Å². The van der Waals surface area contributed by atoms with Crippen LogP contribution < -0.4 is 5.32 Å². The zero-order valence-electron chi connectivity index (χ0n) is 10.3. The van der Waals surface area contributed by atoms with Gasteiger partial charge in [0, 0.05) is 25.1 Å². The molecule has 1 N–H and O–H groups in total. The number of halogens is 3. The van der Waals surface area contributed by atoms with Crippen LogP contribution in [0.25, 0.3) is 0 Å². The fraction of sp³-hybridized carbons (Fsp3) is 0.800. The van der Waals surface area contributed by atoms with Crippen molar-refractivity contribution in [2.24, 2.45) is 13.0 Å². The number of rotatable bonds is 6. The maximum absolute atomic E-state index is 12.7. The molecule has 1 aromatic heterocycles. The van der Waals surface area contributed by atoms with Gasteiger partial charge in [-0.3, -0.25) is 0 Å². The van der Waals surface area contributed by atoms with Gasteiger partial charge in [0.15, 0.2) is 5.16 Å². The fourth-order valence-electron chi connectivity index (χ4n) is 1.66. The highest BCUT2D eigenvalue weighted by Crippen LogP contribution is 2.51. The van der Waals surface area contributed by atoms with E-state index in [-0.39, 0.29) is 18.8 Å². The van der Waals surface area contributed by atoms with Gasteiger partial charge in [-0.2, -0.15) is 0 Å². The summed E-state index contributed by atoms with van der Waals surface area (Å²) < 4.78 is 27.2. The number of alkyl halides is 2. The van der Waals surface area contributed by atoms with E-state index >= 15 is 0 Å². The van der Waals surface area contributed by atoms with E-state index in [1.54, 1.807) is 0 Å². The first-order valence-corrected chi connectivity index (χ1v) is 6.56. The molecule has 1 unspecified atom stereocenters. The van der Waals surface area contributed by atoms with Gasteiger partial charge in [0.25, 0.3) is 5.92 Å². The van der Waals surface area contributed by atoms with Crippen LogP contribution >= 0.6 is 24.2 Å².